The van der Waals surface area contributed by atoms with E-state index in [1.54, 1.807) is 12.9 Å². The van der Waals surface area contributed by atoms with Gasteiger partial charge in [0.25, 0.3) is 0 Å². The lowest BCUT2D eigenvalue weighted by molar-refractivity contribution is 0.309. The Bertz CT molecular complexity index is 899. The third-order valence-electron chi connectivity index (χ3n) is 4.11. The van der Waals surface area contributed by atoms with Crippen molar-refractivity contribution < 1.29 is 9.76 Å². The molecular weight excluding hydrogens is 461 g/mol. The van der Waals surface area contributed by atoms with Crippen molar-refractivity contribution in [2.75, 3.05) is 11.4 Å². The zero-order chi connectivity index (χ0) is 18.5. The Morgan fingerprint density at radius 3 is 2.77 bits per heavy atom. The van der Waals surface area contributed by atoms with Crippen LogP contribution in [0.2, 0.25) is 6.82 Å². The minimum Gasteiger partial charge on any atom is -0.487 e. The van der Waals surface area contributed by atoms with Gasteiger partial charge in [0.15, 0.2) is 0 Å². The number of hydrogen-bond acceptors (Lipinski definition) is 3. The topological polar surface area (TPSA) is 48.5 Å². The molecule has 0 spiro atoms. The van der Waals surface area contributed by atoms with Crippen molar-refractivity contribution in [3.63, 3.8) is 0 Å². The first-order chi connectivity index (χ1) is 12.6. The minimum atomic E-state index is -0.658. The number of anilines is 1. The van der Waals surface area contributed by atoms with Gasteiger partial charge in [-0.05, 0) is 41.0 Å². The molecule has 134 valence electrons. The van der Waals surface area contributed by atoms with Crippen molar-refractivity contribution >= 4 is 57.8 Å². The zero-order valence-electron chi connectivity index (χ0n) is 14.3. The van der Waals surface area contributed by atoms with Gasteiger partial charge in [0.2, 0.25) is 0 Å². The van der Waals surface area contributed by atoms with Crippen LogP contribution in [-0.4, -0.2) is 23.6 Å². The first-order valence-electron chi connectivity index (χ1n) is 8.28. The zero-order valence-corrected chi connectivity index (χ0v) is 17.2. The molecule has 0 amide bonds. The highest BCUT2D eigenvalue weighted by atomic mass is 127. The van der Waals surface area contributed by atoms with Gasteiger partial charge < -0.3 is 19.6 Å². The second kappa shape index (κ2) is 8.84. The average Bonchev–Trinajstić information content (AvgIpc) is 3.14. The predicted octanol–water partition coefficient (Wildman–Crippen LogP) is 5.02. The third-order valence-corrected chi connectivity index (χ3v) is 5.42. The lowest BCUT2D eigenvalue weighted by atomic mass is 9.84. The van der Waals surface area contributed by atoms with E-state index in [0.717, 1.165) is 31.5 Å². The largest absolute Gasteiger partial charge is 0.487 e. The molecule has 1 aromatic heterocycles. The van der Waals surface area contributed by atoms with Crippen LogP contribution in [0, 0.1) is 3.57 Å². The van der Waals surface area contributed by atoms with Crippen molar-refractivity contribution in [2.45, 2.75) is 13.4 Å². The van der Waals surface area contributed by atoms with Crippen LogP contribution in [0.25, 0.3) is 10.9 Å². The molecule has 1 heterocycles. The highest BCUT2D eigenvalue weighted by Crippen LogP contribution is 2.37. The second-order valence-corrected chi connectivity index (χ2v) is 7.23. The van der Waals surface area contributed by atoms with Crippen molar-refractivity contribution in [3.8, 4) is 5.75 Å². The maximum absolute atomic E-state index is 10.2. The van der Waals surface area contributed by atoms with Crippen LogP contribution in [0.15, 0.2) is 60.3 Å². The molecule has 26 heavy (non-hydrogen) atoms. The van der Waals surface area contributed by atoms with E-state index in [0.29, 0.717) is 13.2 Å². The molecule has 0 aliphatic carbocycles. The van der Waals surface area contributed by atoms with Gasteiger partial charge in [0, 0.05) is 39.0 Å². The van der Waals surface area contributed by atoms with E-state index >= 15 is 0 Å². The van der Waals surface area contributed by atoms with E-state index in [1.807, 2.05) is 53.5 Å². The van der Waals surface area contributed by atoms with E-state index in [-0.39, 0.29) is 0 Å². The van der Waals surface area contributed by atoms with Crippen LogP contribution in [0.5, 0.6) is 5.75 Å². The molecule has 0 aliphatic rings. The molecule has 4 nitrogen and oxygen atoms in total. The summed E-state index contributed by atoms with van der Waals surface area (Å²) in [5.74, 6) is 0.754. The van der Waals surface area contributed by atoms with Crippen LogP contribution in [0.1, 0.15) is 5.56 Å². The predicted molar refractivity (Wildman–Crippen MR) is 118 cm³/mol. The fraction of sp³-hybridized carbons (Fsp3) is 0.158. The fourth-order valence-electron chi connectivity index (χ4n) is 2.82. The van der Waals surface area contributed by atoms with E-state index in [9.17, 15) is 5.02 Å². The van der Waals surface area contributed by atoms with Crippen LogP contribution in [0.3, 0.4) is 0 Å². The maximum atomic E-state index is 10.2. The van der Waals surface area contributed by atoms with Gasteiger partial charge in [-0.2, -0.15) is 0 Å². The van der Waals surface area contributed by atoms with Crippen molar-refractivity contribution in [3.05, 3.63) is 69.4 Å². The number of hydrogen-bond donors (Lipinski definition) is 2. The van der Waals surface area contributed by atoms with Crippen LogP contribution < -0.4 is 9.55 Å². The van der Waals surface area contributed by atoms with Crippen molar-refractivity contribution in [1.29, 1.82) is 0 Å². The lowest BCUT2D eigenvalue weighted by Crippen LogP contribution is -2.37. The van der Waals surface area contributed by atoms with Crippen molar-refractivity contribution in [1.82, 2.24) is 4.98 Å². The van der Waals surface area contributed by atoms with Gasteiger partial charge in [0.05, 0.1) is 5.52 Å². The SMILES string of the molecule is CB(O)N(CC=CCl)c1cc(OCc2ccccc2)c2[nH]ccc2c1I. The molecular formula is C19H19BClIN2O2. The summed E-state index contributed by atoms with van der Waals surface area (Å²) in [7, 11) is -0.658. The number of H-pyrrole nitrogens is 1. The Morgan fingerprint density at radius 2 is 2.08 bits per heavy atom. The Kier molecular flexibility index (Phi) is 6.50. The summed E-state index contributed by atoms with van der Waals surface area (Å²) in [6.45, 7) is 2.72. The maximum Gasteiger partial charge on any atom is 0.409 e. The standard InChI is InChI=1S/C19H19BClIN2O2/c1-20(25)24(11-5-9-21)16-12-17(19-15(18(16)22)8-10-23-19)26-13-14-6-3-2-4-7-14/h2-10,12,23,25H,11,13H2,1H3. The van der Waals surface area contributed by atoms with Gasteiger partial charge >= 0.3 is 7.05 Å². The first kappa shape index (κ1) is 19.1. The van der Waals surface area contributed by atoms with Crippen molar-refractivity contribution in [2.24, 2.45) is 0 Å². The highest BCUT2D eigenvalue weighted by molar-refractivity contribution is 14.1. The number of rotatable bonds is 7. The van der Waals surface area contributed by atoms with Crippen LogP contribution >= 0.6 is 34.2 Å². The molecule has 0 radical (unpaired) electrons. The van der Waals surface area contributed by atoms with Gasteiger partial charge in [-0.3, -0.25) is 0 Å². The summed E-state index contributed by atoms with van der Waals surface area (Å²) < 4.78 is 7.16. The Balaban J connectivity index is 2.00. The molecule has 0 atom stereocenters. The minimum absolute atomic E-state index is 0.477. The summed E-state index contributed by atoms with van der Waals surface area (Å²) in [5.41, 5.74) is 4.42. The summed E-state index contributed by atoms with van der Waals surface area (Å²) >= 11 is 7.99. The van der Waals surface area contributed by atoms with E-state index in [4.69, 9.17) is 16.3 Å². The van der Waals surface area contributed by atoms with Gasteiger partial charge in [-0.1, -0.05) is 48.0 Å². The summed E-state index contributed by atoms with van der Waals surface area (Å²) in [6.07, 6.45) is 3.70. The number of nitrogens with one attached hydrogen (secondary N) is 1. The first-order valence-corrected chi connectivity index (χ1v) is 9.79. The van der Waals surface area contributed by atoms with Gasteiger partial charge in [0.1, 0.15) is 12.4 Å². The number of nitrogens with zero attached hydrogens (tertiary/aromatic N) is 1. The molecule has 0 unspecified atom stereocenters. The molecule has 0 aliphatic heterocycles. The summed E-state index contributed by atoms with van der Waals surface area (Å²) in [5, 5.41) is 11.3. The monoisotopic (exact) mass is 480 g/mol. The van der Waals surface area contributed by atoms with Gasteiger partial charge in [-0.15, -0.1) is 0 Å². The molecule has 2 aromatic carbocycles. The molecule has 0 bridgehead atoms. The van der Waals surface area contributed by atoms with E-state index in [1.165, 1.54) is 5.54 Å². The summed E-state index contributed by atoms with van der Waals surface area (Å²) in [6, 6.07) is 14.0. The average molecular weight is 481 g/mol. The molecule has 0 fully saturated rings. The Labute approximate surface area is 172 Å². The van der Waals surface area contributed by atoms with Crippen LogP contribution in [-0.2, 0) is 6.61 Å². The third kappa shape index (κ3) is 4.19. The van der Waals surface area contributed by atoms with Gasteiger partial charge in [-0.25, -0.2) is 0 Å². The Morgan fingerprint density at radius 1 is 1.31 bits per heavy atom. The Hall–Kier alpha value is -1.64. The molecule has 0 saturated heterocycles. The number of aromatic amines is 1. The molecule has 3 aromatic rings. The number of fused-ring (bicyclic) bond motifs is 1. The smallest absolute Gasteiger partial charge is 0.409 e. The molecule has 3 rings (SSSR count). The molecule has 2 N–H and O–H groups in total. The quantitative estimate of drug-likeness (QED) is 0.369. The fourth-order valence-corrected chi connectivity index (χ4v) is 3.81. The molecule has 7 heteroatoms. The second-order valence-electron chi connectivity index (χ2n) is 5.89. The highest BCUT2D eigenvalue weighted by Gasteiger charge is 2.22. The number of halogens is 2. The van der Waals surface area contributed by atoms with Crippen LogP contribution in [0.4, 0.5) is 5.69 Å². The molecule has 0 saturated carbocycles. The lowest BCUT2D eigenvalue weighted by Gasteiger charge is -2.26. The van der Waals surface area contributed by atoms with E-state index < -0.39 is 7.05 Å². The summed E-state index contributed by atoms with van der Waals surface area (Å²) in [4.78, 5) is 5.14. The van der Waals surface area contributed by atoms with E-state index in [2.05, 4.69) is 27.6 Å². The normalized spacial score (nSPS) is 11.2. The number of ether oxygens (including phenoxy) is 1. The number of aromatic nitrogens is 1. The number of benzene rings is 2.